The van der Waals surface area contributed by atoms with Gasteiger partial charge in [-0.15, -0.1) is 0 Å². The molecule has 0 fully saturated rings. The minimum absolute atomic E-state index is 0.933. The number of aromatic nitrogens is 1. The Hall–Kier alpha value is -2.29. The first-order valence-electron chi connectivity index (χ1n) is 5.72. The summed E-state index contributed by atoms with van der Waals surface area (Å²) in [7, 11) is 2.01. The van der Waals surface area contributed by atoms with Crippen LogP contribution in [0.5, 0.6) is 0 Å². The summed E-state index contributed by atoms with van der Waals surface area (Å²) in [5.74, 6) is -0.933. The van der Waals surface area contributed by atoms with Crippen molar-refractivity contribution in [1.82, 2.24) is 4.57 Å². The zero-order valence-corrected chi connectivity index (χ0v) is 10.4. The molecule has 3 heteroatoms. The molecule has 0 aliphatic heterocycles. The molecule has 0 spiro atoms. The van der Waals surface area contributed by atoms with Crippen LogP contribution in [0.2, 0.25) is 0 Å². The number of allylic oxidation sites excluding steroid dienone is 3. The normalized spacial score (nSPS) is 12.4. The minimum atomic E-state index is -0.933. The van der Waals surface area contributed by atoms with E-state index < -0.39 is 5.97 Å². The Kier molecular flexibility index (Phi) is 3.33. The second-order valence-electron chi connectivity index (χ2n) is 4.22. The molecule has 0 saturated carbocycles. The number of rotatable bonds is 3. The molecule has 0 unspecified atom stereocenters. The first-order valence-corrected chi connectivity index (χ1v) is 5.72. The molecule has 2 aromatic rings. The lowest BCUT2D eigenvalue weighted by molar-refractivity contribution is -0.131. The number of hydrogen-bond donors (Lipinski definition) is 1. The van der Waals surface area contributed by atoms with E-state index in [0.29, 0.717) is 0 Å². The van der Waals surface area contributed by atoms with Crippen LogP contribution in [0.4, 0.5) is 0 Å². The summed E-state index contributed by atoms with van der Waals surface area (Å²) < 4.78 is 2.07. The van der Waals surface area contributed by atoms with Crippen molar-refractivity contribution in [2.75, 3.05) is 0 Å². The second-order valence-corrected chi connectivity index (χ2v) is 4.22. The lowest BCUT2D eigenvalue weighted by Gasteiger charge is -1.97. The van der Waals surface area contributed by atoms with Crippen molar-refractivity contribution in [2.24, 2.45) is 7.05 Å². The van der Waals surface area contributed by atoms with E-state index in [0.717, 1.165) is 17.2 Å². The summed E-state index contributed by atoms with van der Waals surface area (Å²) in [6.45, 7) is 1.98. The van der Waals surface area contributed by atoms with Gasteiger partial charge in [0.25, 0.3) is 0 Å². The zero-order chi connectivity index (χ0) is 13.1. The standard InChI is InChI=1S/C15H15NO2/c1-11(6-5-9-15(17)18)13-10-16(2)14-8-4-3-7-12(13)14/h3-10H,1-2H3,(H,17,18)/b9-5+,11-6+. The number of para-hydroxylation sites is 1. The molecule has 18 heavy (non-hydrogen) atoms. The van der Waals surface area contributed by atoms with E-state index >= 15 is 0 Å². The number of carboxylic acids is 1. The first-order chi connectivity index (χ1) is 8.59. The van der Waals surface area contributed by atoms with E-state index in [2.05, 4.69) is 22.9 Å². The summed E-state index contributed by atoms with van der Waals surface area (Å²) in [5.41, 5.74) is 3.34. The zero-order valence-electron chi connectivity index (χ0n) is 10.4. The van der Waals surface area contributed by atoms with E-state index in [9.17, 15) is 4.79 Å². The highest BCUT2D eigenvalue weighted by Crippen LogP contribution is 2.26. The van der Waals surface area contributed by atoms with Crippen molar-refractivity contribution in [3.8, 4) is 0 Å². The van der Waals surface area contributed by atoms with Gasteiger partial charge in [-0.05, 0) is 18.6 Å². The van der Waals surface area contributed by atoms with Crippen LogP contribution in [0.1, 0.15) is 12.5 Å². The average molecular weight is 241 g/mol. The molecule has 0 radical (unpaired) electrons. The third kappa shape index (κ3) is 2.35. The van der Waals surface area contributed by atoms with Gasteiger partial charge in [0, 0.05) is 35.8 Å². The highest BCUT2D eigenvalue weighted by atomic mass is 16.4. The Morgan fingerprint density at radius 2 is 2.06 bits per heavy atom. The largest absolute Gasteiger partial charge is 0.478 e. The molecule has 3 nitrogen and oxygen atoms in total. The number of hydrogen-bond acceptors (Lipinski definition) is 1. The summed E-state index contributed by atoms with van der Waals surface area (Å²) >= 11 is 0. The highest BCUT2D eigenvalue weighted by Gasteiger charge is 2.06. The van der Waals surface area contributed by atoms with E-state index in [-0.39, 0.29) is 0 Å². The smallest absolute Gasteiger partial charge is 0.328 e. The number of aryl methyl sites for hydroxylation is 1. The maximum absolute atomic E-state index is 10.4. The molecule has 1 N–H and O–H groups in total. The Bertz CT molecular complexity index is 648. The van der Waals surface area contributed by atoms with Crippen molar-refractivity contribution in [3.63, 3.8) is 0 Å². The Balaban J connectivity index is 2.45. The van der Waals surface area contributed by atoms with Crippen LogP contribution in [0.3, 0.4) is 0 Å². The quantitative estimate of drug-likeness (QED) is 0.662. The van der Waals surface area contributed by atoms with Crippen LogP contribution in [0, 0.1) is 0 Å². The van der Waals surface area contributed by atoms with Crippen LogP contribution >= 0.6 is 0 Å². The van der Waals surface area contributed by atoms with Gasteiger partial charge in [-0.1, -0.05) is 30.4 Å². The highest BCUT2D eigenvalue weighted by molar-refractivity contribution is 5.93. The molecule has 92 valence electrons. The van der Waals surface area contributed by atoms with Gasteiger partial charge in [0.2, 0.25) is 0 Å². The van der Waals surface area contributed by atoms with Crippen LogP contribution in [0.25, 0.3) is 16.5 Å². The minimum Gasteiger partial charge on any atom is -0.478 e. The lowest BCUT2D eigenvalue weighted by atomic mass is 10.1. The maximum atomic E-state index is 10.4. The maximum Gasteiger partial charge on any atom is 0.328 e. The summed E-state index contributed by atoms with van der Waals surface area (Å²) in [5, 5.41) is 9.73. The van der Waals surface area contributed by atoms with Crippen LogP contribution < -0.4 is 0 Å². The molecule has 0 saturated heterocycles. The molecule has 1 heterocycles. The Labute approximate surface area is 106 Å². The van der Waals surface area contributed by atoms with Gasteiger partial charge >= 0.3 is 5.97 Å². The van der Waals surface area contributed by atoms with Gasteiger partial charge in [0.15, 0.2) is 0 Å². The van der Waals surface area contributed by atoms with Gasteiger partial charge in [-0.2, -0.15) is 0 Å². The summed E-state index contributed by atoms with van der Waals surface area (Å²) in [6, 6.07) is 8.16. The topological polar surface area (TPSA) is 42.2 Å². The number of nitrogens with zero attached hydrogens (tertiary/aromatic N) is 1. The first kappa shape index (κ1) is 12.2. The Morgan fingerprint density at radius 1 is 1.33 bits per heavy atom. The molecule has 0 bridgehead atoms. The summed E-state index contributed by atoms with van der Waals surface area (Å²) in [4.78, 5) is 10.4. The number of carbonyl (C=O) groups is 1. The van der Waals surface area contributed by atoms with E-state index in [1.165, 1.54) is 10.9 Å². The molecular formula is C15H15NO2. The van der Waals surface area contributed by atoms with Gasteiger partial charge in [-0.3, -0.25) is 0 Å². The average Bonchev–Trinajstić information content (AvgIpc) is 2.67. The molecule has 1 aromatic heterocycles. The number of fused-ring (bicyclic) bond motifs is 1. The van der Waals surface area contributed by atoms with Crippen LogP contribution in [-0.4, -0.2) is 15.6 Å². The third-order valence-corrected chi connectivity index (χ3v) is 2.91. The molecule has 0 aliphatic rings. The van der Waals surface area contributed by atoms with E-state index in [4.69, 9.17) is 5.11 Å². The van der Waals surface area contributed by atoms with Gasteiger partial charge in [-0.25, -0.2) is 4.79 Å². The molecule has 1 aromatic carbocycles. The van der Waals surface area contributed by atoms with Crippen molar-refractivity contribution >= 4 is 22.4 Å². The number of aliphatic carboxylic acids is 1. The molecule has 0 amide bonds. The van der Waals surface area contributed by atoms with Crippen molar-refractivity contribution < 1.29 is 9.90 Å². The van der Waals surface area contributed by atoms with E-state index in [1.807, 2.05) is 32.2 Å². The monoisotopic (exact) mass is 241 g/mol. The lowest BCUT2D eigenvalue weighted by Crippen LogP contribution is -1.85. The predicted octanol–water partition coefficient (Wildman–Crippen LogP) is 3.22. The fourth-order valence-corrected chi connectivity index (χ4v) is 2.02. The number of benzene rings is 1. The Morgan fingerprint density at radius 3 is 2.78 bits per heavy atom. The fraction of sp³-hybridized carbons (Fsp3) is 0.133. The van der Waals surface area contributed by atoms with Crippen molar-refractivity contribution in [3.05, 3.63) is 54.3 Å². The van der Waals surface area contributed by atoms with Crippen molar-refractivity contribution in [2.45, 2.75) is 6.92 Å². The molecule has 0 atom stereocenters. The van der Waals surface area contributed by atoms with Crippen LogP contribution in [0.15, 0.2) is 48.7 Å². The predicted molar refractivity (Wildman–Crippen MR) is 73.3 cm³/mol. The second kappa shape index (κ2) is 4.92. The van der Waals surface area contributed by atoms with Gasteiger partial charge in [0.05, 0.1) is 0 Å². The fourth-order valence-electron chi connectivity index (χ4n) is 2.02. The molecule has 2 rings (SSSR count). The number of carboxylic acid groups (broad SMARTS) is 1. The van der Waals surface area contributed by atoms with Crippen LogP contribution in [-0.2, 0) is 11.8 Å². The molecule has 0 aliphatic carbocycles. The van der Waals surface area contributed by atoms with Gasteiger partial charge < -0.3 is 9.67 Å². The van der Waals surface area contributed by atoms with Gasteiger partial charge in [0.1, 0.15) is 0 Å². The SMILES string of the molecule is C/C(=C\C=C\C(=O)O)c1cn(C)c2ccccc12. The van der Waals surface area contributed by atoms with E-state index in [1.54, 1.807) is 6.08 Å². The van der Waals surface area contributed by atoms with Crippen molar-refractivity contribution in [1.29, 1.82) is 0 Å². The summed E-state index contributed by atoms with van der Waals surface area (Å²) in [6.07, 6.45) is 6.56. The molecular weight excluding hydrogens is 226 g/mol. The third-order valence-electron chi connectivity index (χ3n) is 2.91.